The van der Waals surface area contributed by atoms with Gasteiger partial charge in [-0.1, -0.05) is 11.6 Å². The maximum Gasteiger partial charge on any atom is 0.420 e. The van der Waals surface area contributed by atoms with E-state index in [0.717, 1.165) is 37.0 Å². The Morgan fingerprint density at radius 1 is 1.14 bits per heavy atom. The fourth-order valence-electron chi connectivity index (χ4n) is 4.98. The largest absolute Gasteiger partial charge is 0.477 e. The molecule has 1 aromatic carbocycles. The molecule has 2 aliphatic rings. The van der Waals surface area contributed by atoms with Crippen molar-refractivity contribution in [3.63, 3.8) is 0 Å². The van der Waals surface area contributed by atoms with Crippen LogP contribution in [0, 0.1) is 0 Å². The van der Waals surface area contributed by atoms with Crippen molar-refractivity contribution >= 4 is 39.0 Å². The second-order valence-electron chi connectivity index (χ2n) is 9.96. The number of amides is 1. The first kappa shape index (κ1) is 27.3. The molecule has 2 aliphatic heterocycles. The van der Waals surface area contributed by atoms with Crippen molar-refractivity contribution in [3.05, 3.63) is 47.1 Å². The predicted molar refractivity (Wildman–Crippen MR) is 134 cm³/mol. The third kappa shape index (κ3) is 6.40. The van der Waals surface area contributed by atoms with Crippen molar-refractivity contribution in [2.24, 2.45) is 0 Å². The molecule has 3 heterocycles. The number of nitrogens with zero attached hydrogens (tertiary/aromatic N) is 2. The Hall–Kier alpha value is -2.73. The molecule has 2 saturated heterocycles. The Balaban J connectivity index is 1.41. The summed E-state index contributed by atoms with van der Waals surface area (Å²) in [6, 6.07) is 6.64. The van der Waals surface area contributed by atoms with Crippen LogP contribution in [0.15, 0.2) is 36.5 Å². The molecule has 0 saturated carbocycles. The van der Waals surface area contributed by atoms with Crippen molar-refractivity contribution in [3.8, 4) is 5.75 Å². The lowest BCUT2D eigenvalue weighted by Gasteiger charge is -2.41. The third-order valence-corrected chi connectivity index (χ3v) is 7.38. The van der Waals surface area contributed by atoms with E-state index in [9.17, 15) is 26.4 Å². The number of piperidine rings is 1. The summed E-state index contributed by atoms with van der Waals surface area (Å²) in [4.78, 5) is 19.7. The number of benzene rings is 1. The number of aromatic nitrogens is 1. The molecular formula is C24H28ClF3N4O4S. The molecule has 1 aromatic heterocycles. The van der Waals surface area contributed by atoms with Crippen molar-refractivity contribution in [1.29, 1.82) is 0 Å². The highest BCUT2D eigenvalue weighted by molar-refractivity contribution is 7.92. The molecule has 13 heteroatoms. The molecule has 1 amide bonds. The van der Waals surface area contributed by atoms with Gasteiger partial charge in [-0.05, 0) is 69.9 Å². The molecule has 0 spiro atoms. The van der Waals surface area contributed by atoms with Gasteiger partial charge in [-0.3, -0.25) is 9.52 Å². The van der Waals surface area contributed by atoms with E-state index < -0.39 is 39.0 Å². The SMILES string of the molecule is CC(C)(Oc1ccc(Cl)cc1C(F)(F)F)C(=O)NC1C[C@H]2CC[C@@H](C1)N2c1ccc(NS(C)(=O)=O)cn1. The Morgan fingerprint density at radius 2 is 1.78 bits per heavy atom. The molecule has 202 valence electrons. The highest BCUT2D eigenvalue weighted by atomic mass is 35.5. The minimum absolute atomic E-state index is 0.0834. The number of nitrogens with one attached hydrogen (secondary N) is 2. The number of hydrogen-bond acceptors (Lipinski definition) is 6. The molecule has 1 unspecified atom stereocenters. The number of pyridine rings is 1. The van der Waals surface area contributed by atoms with Gasteiger partial charge < -0.3 is 15.0 Å². The van der Waals surface area contributed by atoms with Crippen molar-refractivity contribution in [2.45, 2.75) is 69.4 Å². The summed E-state index contributed by atoms with van der Waals surface area (Å²) in [6.45, 7) is 2.85. The number of carbonyl (C=O) groups is 1. The monoisotopic (exact) mass is 560 g/mol. The van der Waals surface area contributed by atoms with Gasteiger partial charge in [0.25, 0.3) is 5.91 Å². The van der Waals surface area contributed by atoms with Gasteiger partial charge in [0.1, 0.15) is 11.6 Å². The lowest BCUT2D eigenvalue weighted by atomic mass is 9.96. The van der Waals surface area contributed by atoms with Crippen LogP contribution in [-0.2, 0) is 21.0 Å². The van der Waals surface area contributed by atoms with Crippen LogP contribution in [0.5, 0.6) is 5.75 Å². The quantitative estimate of drug-likeness (QED) is 0.513. The minimum atomic E-state index is -4.69. The van der Waals surface area contributed by atoms with E-state index in [1.165, 1.54) is 26.1 Å². The molecule has 0 aliphatic carbocycles. The average molecular weight is 561 g/mol. The van der Waals surface area contributed by atoms with E-state index in [2.05, 4.69) is 19.9 Å². The lowest BCUT2D eigenvalue weighted by molar-refractivity contribution is -0.143. The number of sulfonamides is 1. The van der Waals surface area contributed by atoms with Crippen LogP contribution >= 0.6 is 11.6 Å². The molecule has 2 N–H and O–H groups in total. The van der Waals surface area contributed by atoms with Gasteiger partial charge in [0.15, 0.2) is 5.60 Å². The first-order valence-electron chi connectivity index (χ1n) is 11.7. The fourth-order valence-corrected chi connectivity index (χ4v) is 5.70. The number of rotatable bonds is 7. The summed E-state index contributed by atoms with van der Waals surface area (Å²) in [7, 11) is -3.40. The highest BCUT2D eigenvalue weighted by Gasteiger charge is 2.44. The topological polar surface area (TPSA) is 101 Å². The second kappa shape index (κ2) is 9.86. The molecule has 2 aromatic rings. The number of anilines is 2. The van der Waals surface area contributed by atoms with Crippen LogP contribution in [0.1, 0.15) is 45.1 Å². The Morgan fingerprint density at radius 3 is 2.32 bits per heavy atom. The van der Waals surface area contributed by atoms with Gasteiger partial charge in [0, 0.05) is 23.1 Å². The normalized spacial score (nSPS) is 22.0. The van der Waals surface area contributed by atoms with Crippen LogP contribution in [0.2, 0.25) is 5.02 Å². The standard InChI is InChI=1S/C24H28ClF3N4O4S/c1-23(2,36-20-8-4-14(25)10-19(20)24(26,27)28)22(33)30-16-11-17-6-7-18(12-16)32(17)21-9-5-15(13-29-21)31-37(3,34)35/h4-5,8-10,13,16-18,31H,6-7,11-12H2,1-3H3,(H,30,33)/t16?,17-,18+. The van der Waals surface area contributed by atoms with Crippen molar-refractivity contribution in [2.75, 3.05) is 15.9 Å². The number of carbonyl (C=O) groups excluding carboxylic acids is 1. The number of halogens is 4. The zero-order valence-corrected chi connectivity index (χ0v) is 22.0. The van der Waals surface area contributed by atoms with E-state index in [1.54, 1.807) is 12.1 Å². The van der Waals surface area contributed by atoms with Crippen molar-refractivity contribution < 1.29 is 31.1 Å². The van der Waals surface area contributed by atoms with E-state index in [0.29, 0.717) is 18.5 Å². The molecule has 3 atom stereocenters. The molecular weight excluding hydrogens is 533 g/mol. The minimum Gasteiger partial charge on any atom is -0.477 e. The highest BCUT2D eigenvalue weighted by Crippen LogP contribution is 2.40. The molecule has 37 heavy (non-hydrogen) atoms. The summed E-state index contributed by atoms with van der Waals surface area (Å²) in [5, 5.41) is 2.88. The Bertz CT molecular complexity index is 1260. The van der Waals surface area contributed by atoms with Crippen LogP contribution in [0.25, 0.3) is 0 Å². The zero-order chi connectivity index (χ0) is 27.2. The number of hydrogen-bond donors (Lipinski definition) is 2. The first-order chi connectivity index (χ1) is 17.1. The smallest absolute Gasteiger partial charge is 0.420 e. The van der Waals surface area contributed by atoms with Crippen LogP contribution < -0.4 is 19.7 Å². The fraction of sp³-hybridized carbons (Fsp3) is 0.500. The molecule has 8 nitrogen and oxygen atoms in total. The Kier molecular flexibility index (Phi) is 7.28. The van der Waals surface area contributed by atoms with E-state index in [1.807, 2.05) is 0 Å². The van der Waals surface area contributed by atoms with Gasteiger partial charge >= 0.3 is 6.18 Å². The lowest BCUT2D eigenvalue weighted by Crippen LogP contribution is -2.55. The predicted octanol–water partition coefficient (Wildman–Crippen LogP) is 4.60. The van der Waals surface area contributed by atoms with Crippen LogP contribution in [0.4, 0.5) is 24.7 Å². The van der Waals surface area contributed by atoms with Gasteiger partial charge in [-0.25, -0.2) is 13.4 Å². The second-order valence-corrected chi connectivity index (χ2v) is 12.1. The van der Waals surface area contributed by atoms with E-state index >= 15 is 0 Å². The molecule has 2 fully saturated rings. The number of fused-ring (bicyclic) bond motifs is 2. The van der Waals surface area contributed by atoms with E-state index in [-0.39, 0.29) is 23.1 Å². The summed E-state index contributed by atoms with van der Waals surface area (Å²) < 4.78 is 71.2. The first-order valence-corrected chi connectivity index (χ1v) is 14.0. The summed E-state index contributed by atoms with van der Waals surface area (Å²) in [5.41, 5.74) is -2.23. The maximum atomic E-state index is 13.5. The van der Waals surface area contributed by atoms with Crippen LogP contribution in [0.3, 0.4) is 0 Å². The van der Waals surface area contributed by atoms with E-state index in [4.69, 9.17) is 16.3 Å². The zero-order valence-electron chi connectivity index (χ0n) is 20.5. The average Bonchev–Trinajstić information content (AvgIpc) is 3.03. The van der Waals surface area contributed by atoms with Gasteiger partial charge in [0.2, 0.25) is 10.0 Å². The van der Waals surface area contributed by atoms with Gasteiger partial charge in [-0.15, -0.1) is 0 Å². The summed E-state index contributed by atoms with van der Waals surface area (Å²) >= 11 is 5.74. The van der Waals surface area contributed by atoms with Crippen LogP contribution in [-0.4, -0.2) is 49.3 Å². The maximum absolute atomic E-state index is 13.5. The van der Waals surface area contributed by atoms with Gasteiger partial charge in [-0.2, -0.15) is 13.2 Å². The molecule has 0 radical (unpaired) electrons. The number of alkyl halides is 3. The molecule has 4 rings (SSSR count). The summed E-state index contributed by atoms with van der Waals surface area (Å²) in [5.74, 6) is -0.253. The summed E-state index contributed by atoms with van der Waals surface area (Å²) in [6.07, 6.45) is 0.929. The van der Waals surface area contributed by atoms with Crippen molar-refractivity contribution in [1.82, 2.24) is 10.3 Å². The molecule has 2 bridgehead atoms. The van der Waals surface area contributed by atoms with Gasteiger partial charge in [0.05, 0.1) is 23.7 Å². The Labute approximate surface area is 218 Å². The number of ether oxygens (including phenoxy) is 1. The third-order valence-electron chi connectivity index (χ3n) is 6.54.